The lowest BCUT2D eigenvalue weighted by molar-refractivity contribution is 0.101. The normalized spacial score (nSPS) is 11.2. The van der Waals surface area contributed by atoms with Gasteiger partial charge in [-0.3, -0.25) is 4.79 Å². The number of ether oxygens (including phenoxy) is 2. The molecule has 0 fully saturated rings. The average molecular weight is 463 g/mol. The quantitative estimate of drug-likeness (QED) is 0.211. The maximum Gasteiger partial charge on any atom is 0.164 e. The SMILES string of the molecule is CCSC(=Nc1ccc(C(C)=O)cc1)N(Cc1ccc(OC)cc1)Cc1ccc(OC)cc1. The summed E-state index contributed by atoms with van der Waals surface area (Å²) in [6.45, 7) is 5.10. The number of nitrogens with zero attached hydrogens (tertiary/aromatic N) is 2. The molecule has 0 spiro atoms. The largest absolute Gasteiger partial charge is 0.497 e. The highest BCUT2D eigenvalue weighted by Gasteiger charge is 2.14. The van der Waals surface area contributed by atoms with Crippen molar-refractivity contribution in [1.82, 2.24) is 4.90 Å². The van der Waals surface area contributed by atoms with Gasteiger partial charge in [-0.05, 0) is 72.3 Å². The molecule has 0 heterocycles. The minimum Gasteiger partial charge on any atom is -0.497 e. The zero-order valence-electron chi connectivity index (χ0n) is 19.6. The molecule has 33 heavy (non-hydrogen) atoms. The first-order valence-corrected chi connectivity index (χ1v) is 11.8. The van der Waals surface area contributed by atoms with Crippen LogP contribution in [0.2, 0.25) is 0 Å². The van der Waals surface area contributed by atoms with Crippen LogP contribution in [-0.2, 0) is 13.1 Å². The monoisotopic (exact) mass is 462 g/mol. The van der Waals surface area contributed by atoms with Crippen molar-refractivity contribution < 1.29 is 14.3 Å². The predicted molar refractivity (Wildman–Crippen MR) is 137 cm³/mol. The number of thioether (sulfide) groups is 1. The van der Waals surface area contributed by atoms with Gasteiger partial charge in [0.25, 0.3) is 0 Å². The topological polar surface area (TPSA) is 51.1 Å². The van der Waals surface area contributed by atoms with Crippen molar-refractivity contribution in [1.29, 1.82) is 0 Å². The lowest BCUT2D eigenvalue weighted by Gasteiger charge is -2.26. The van der Waals surface area contributed by atoms with Crippen LogP contribution in [0.25, 0.3) is 0 Å². The van der Waals surface area contributed by atoms with E-state index in [1.807, 2.05) is 48.5 Å². The zero-order chi connectivity index (χ0) is 23.6. The summed E-state index contributed by atoms with van der Waals surface area (Å²) in [5, 5.41) is 0.930. The summed E-state index contributed by atoms with van der Waals surface area (Å²) in [5.74, 6) is 2.62. The summed E-state index contributed by atoms with van der Waals surface area (Å²) in [5.41, 5.74) is 3.85. The Labute approximate surface area is 200 Å². The second-order valence-electron chi connectivity index (χ2n) is 7.48. The maximum absolute atomic E-state index is 11.6. The highest BCUT2D eigenvalue weighted by molar-refractivity contribution is 8.13. The third kappa shape index (κ3) is 7.12. The second kappa shape index (κ2) is 12.1. The molecule has 3 aromatic carbocycles. The number of Topliss-reactive ketones (excluding diaryl/α,β-unsaturated/α-hetero) is 1. The van der Waals surface area contributed by atoms with E-state index in [0.29, 0.717) is 18.7 Å². The Morgan fingerprint density at radius 1 is 0.818 bits per heavy atom. The number of methoxy groups -OCH3 is 2. The van der Waals surface area contributed by atoms with Gasteiger partial charge in [-0.15, -0.1) is 0 Å². The van der Waals surface area contributed by atoms with Gasteiger partial charge in [-0.2, -0.15) is 0 Å². The van der Waals surface area contributed by atoms with Crippen LogP contribution in [0.1, 0.15) is 35.3 Å². The molecule has 0 saturated heterocycles. The van der Waals surface area contributed by atoms with Crippen molar-refractivity contribution in [2.24, 2.45) is 4.99 Å². The number of carbonyl (C=O) groups excluding carboxylic acids is 1. The molecular weight excluding hydrogens is 432 g/mol. The Morgan fingerprint density at radius 3 is 1.70 bits per heavy atom. The molecule has 0 aliphatic carbocycles. The molecular formula is C27H30N2O3S. The smallest absolute Gasteiger partial charge is 0.164 e. The van der Waals surface area contributed by atoms with Gasteiger partial charge < -0.3 is 14.4 Å². The lowest BCUT2D eigenvalue weighted by Crippen LogP contribution is -2.28. The number of aliphatic imine (C=N–C) groups is 1. The predicted octanol–water partition coefficient (Wildman–Crippen LogP) is 6.35. The first-order valence-electron chi connectivity index (χ1n) is 10.9. The summed E-state index contributed by atoms with van der Waals surface area (Å²) in [4.78, 5) is 18.8. The molecule has 0 aliphatic rings. The van der Waals surface area contributed by atoms with E-state index >= 15 is 0 Å². The molecule has 0 aromatic heterocycles. The van der Waals surface area contributed by atoms with E-state index < -0.39 is 0 Å². The van der Waals surface area contributed by atoms with Crippen molar-refractivity contribution in [3.05, 3.63) is 89.5 Å². The van der Waals surface area contributed by atoms with Gasteiger partial charge in [0, 0.05) is 18.7 Å². The summed E-state index contributed by atoms with van der Waals surface area (Å²) in [7, 11) is 3.34. The van der Waals surface area contributed by atoms with E-state index in [2.05, 4.69) is 36.1 Å². The van der Waals surface area contributed by atoms with Crippen molar-refractivity contribution in [2.75, 3.05) is 20.0 Å². The molecule has 0 unspecified atom stereocenters. The van der Waals surface area contributed by atoms with Crippen molar-refractivity contribution in [3.63, 3.8) is 0 Å². The van der Waals surface area contributed by atoms with Crippen LogP contribution >= 0.6 is 11.8 Å². The van der Waals surface area contributed by atoms with Gasteiger partial charge in [-0.25, -0.2) is 4.99 Å². The number of hydrogen-bond donors (Lipinski definition) is 0. The molecule has 3 rings (SSSR count). The Kier molecular flexibility index (Phi) is 8.95. The van der Waals surface area contributed by atoms with Gasteiger partial charge in [0.05, 0.1) is 19.9 Å². The fourth-order valence-electron chi connectivity index (χ4n) is 3.30. The first kappa shape index (κ1) is 24.4. The summed E-state index contributed by atoms with van der Waals surface area (Å²) in [6, 6.07) is 23.7. The van der Waals surface area contributed by atoms with Gasteiger partial charge >= 0.3 is 0 Å². The molecule has 0 aliphatic heterocycles. The van der Waals surface area contributed by atoms with Gasteiger partial charge in [0.2, 0.25) is 0 Å². The molecule has 0 bridgehead atoms. The molecule has 0 saturated carbocycles. The minimum atomic E-state index is 0.0503. The number of amidine groups is 1. The molecule has 0 amide bonds. The van der Waals surface area contributed by atoms with E-state index in [0.717, 1.165) is 28.1 Å². The Bertz CT molecular complexity index is 1010. The van der Waals surface area contributed by atoms with Crippen molar-refractivity contribution in [3.8, 4) is 11.5 Å². The highest BCUT2D eigenvalue weighted by atomic mass is 32.2. The average Bonchev–Trinajstić information content (AvgIpc) is 2.84. The maximum atomic E-state index is 11.6. The molecule has 0 radical (unpaired) electrons. The Hall–Kier alpha value is -3.25. The molecule has 0 N–H and O–H groups in total. The van der Waals surface area contributed by atoms with Crippen molar-refractivity contribution >= 4 is 28.4 Å². The third-order valence-corrected chi connectivity index (χ3v) is 6.00. The number of ketones is 1. The van der Waals surface area contributed by atoms with Crippen LogP contribution in [0.5, 0.6) is 11.5 Å². The van der Waals surface area contributed by atoms with Crippen LogP contribution in [0, 0.1) is 0 Å². The molecule has 0 atom stereocenters. The fourth-order valence-corrected chi connectivity index (χ4v) is 4.04. The Morgan fingerprint density at radius 2 is 1.30 bits per heavy atom. The van der Waals surface area contributed by atoms with Crippen LogP contribution < -0.4 is 9.47 Å². The number of hydrogen-bond acceptors (Lipinski definition) is 5. The molecule has 172 valence electrons. The number of carbonyl (C=O) groups is 1. The third-order valence-electron chi connectivity index (χ3n) is 5.11. The first-order chi connectivity index (χ1) is 16.0. The van der Waals surface area contributed by atoms with Crippen LogP contribution in [-0.4, -0.2) is 35.8 Å². The van der Waals surface area contributed by atoms with Gasteiger partial charge in [0.1, 0.15) is 11.5 Å². The van der Waals surface area contributed by atoms with Crippen LogP contribution in [0.15, 0.2) is 77.8 Å². The Balaban J connectivity index is 1.93. The van der Waals surface area contributed by atoms with E-state index in [-0.39, 0.29) is 5.78 Å². The summed E-state index contributed by atoms with van der Waals surface area (Å²) in [6.07, 6.45) is 0. The summed E-state index contributed by atoms with van der Waals surface area (Å²) >= 11 is 1.70. The molecule has 3 aromatic rings. The minimum absolute atomic E-state index is 0.0503. The number of rotatable bonds is 9. The molecule has 6 heteroatoms. The zero-order valence-corrected chi connectivity index (χ0v) is 20.4. The number of benzene rings is 3. The van der Waals surface area contributed by atoms with Crippen molar-refractivity contribution in [2.45, 2.75) is 26.9 Å². The van der Waals surface area contributed by atoms with Gasteiger partial charge in [-0.1, -0.05) is 43.0 Å². The second-order valence-corrected chi connectivity index (χ2v) is 8.71. The van der Waals surface area contributed by atoms with Crippen LogP contribution in [0.4, 0.5) is 5.69 Å². The fraction of sp³-hybridized carbons (Fsp3) is 0.259. The highest BCUT2D eigenvalue weighted by Crippen LogP contribution is 2.23. The lowest BCUT2D eigenvalue weighted by atomic mass is 10.1. The van der Waals surface area contributed by atoms with E-state index in [9.17, 15) is 4.79 Å². The molecule has 5 nitrogen and oxygen atoms in total. The van der Waals surface area contributed by atoms with E-state index in [4.69, 9.17) is 14.5 Å². The van der Waals surface area contributed by atoms with Gasteiger partial charge in [0.15, 0.2) is 11.0 Å². The summed E-state index contributed by atoms with van der Waals surface area (Å²) < 4.78 is 10.6. The van der Waals surface area contributed by atoms with Crippen LogP contribution in [0.3, 0.4) is 0 Å². The van der Waals surface area contributed by atoms with E-state index in [1.165, 1.54) is 11.1 Å². The van der Waals surface area contributed by atoms with E-state index in [1.54, 1.807) is 32.9 Å². The standard InChI is InChI=1S/C27H30N2O3S/c1-5-33-27(28-24-12-10-23(11-13-24)20(2)30)29(18-21-6-14-25(31-3)15-7-21)19-22-8-16-26(32-4)17-9-22/h6-17H,5,18-19H2,1-4H3.